The van der Waals surface area contributed by atoms with E-state index in [0.717, 1.165) is 42.6 Å². The zero-order valence-electron chi connectivity index (χ0n) is 17.1. The maximum absolute atomic E-state index is 12.8. The van der Waals surface area contributed by atoms with Crippen molar-refractivity contribution in [2.24, 2.45) is 17.8 Å². The molecule has 5 heteroatoms. The minimum absolute atomic E-state index is 0.0732. The van der Waals surface area contributed by atoms with Gasteiger partial charge in [-0.3, -0.25) is 4.79 Å². The van der Waals surface area contributed by atoms with Crippen molar-refractivity contribution in [3.8, 4) is 5.75 Å². The zero-order valence-corrected chi connectivity index (χ0v) is 17.1. The minimum atomic E-state index is -0.816. The van der Waals surface area contributed by atoms with Crippen LogP contribution in [0.1, 0.15) is 57.9 Å². The fraction of sp³-hybridized carbons (Fsp3) is 0.652. The lowest BCUT2D eigenvalue weighted by atomic mass is 9.53. The van der Waals surface area contributed by atoms with Gasteiger partial charge in [-0.2, -0.15) is 0 Å². The molecule has 28 heavy (non-hydrogen) atoms. The number of amides is 1. The van der Waals surface area contributed by atoms with Crippen LogP contribution in [0, 0.1) is 24.7 Å². The fourth-order valence-corrected chi connectivity index (χ4v) is 5.89. The van der Waals surface area contributed by atoms with Gasteiger partial charge in [-0.15, -0.1) is 0 Å². The molecule has 4 fully saturated rings. The molecule has 1 aromatic carbocycles. The second-order valence-corrected chi connectivity index (χ2v) is 9.34. The molecule has 0 spiro atoms. The van der Waals surface area contributed by atoms with E-state index >= 15 is 0 Å². The van der Waals surface area contributed by atoms with Crippen molar-refractivity contribution >= 4 is 11.9 Å². The Morgan fingerprint density at radius 1 is 1.04 bits per heavy atom. The van der Waals surface area contributed by atoms with Gasteiger partial charge in [0, 0.05) is 5.54 Å². The van der Waals surface area contributed by atoms with Gasteiger partial charge in [0.25, 0.3) is 5.91 Å². The molecule has 152 valence electrons. The van der Waals surface area contributed by atoms with Gasteiger partial charge in [-0.25, -0.2) is 4.79 Å². The fourth-order valence-electron chi connectivity index (χ4n) is 5.89. The lowest BCUT2D eigenvalue weighted by molar-refractivity contribution is -0.162. The van der Waals surface area contributed by atoms with Crippen LogP contribution < -0.4 is 10.1 Å². The third-order valence-electron chi connectivity index (χ3n) is 6.72. The van der Waals surface area contributed by atoms with Gasteiger partial charge in [-0.1, -0.05) is 12.1 Å². The smallest absolute Gasteiger partial charge is 0.347 e. The molecule has 1 aromatic rings. The van der Waals surface area contributed by atoms with Crippen LogP contribution in [0.2, 0.25) is 0 Å². The van der Waals surface area contributed by atoms with Gasteiger partial charge < -0.3 is 14.8 Å². The molecule has 0 radical (unpaired) electrons. The van der Waals surface area contributed by atoms with Crippen LogP contribution in [0.5, 0.6) is 5.75 Å². The number of nitrogens with one attached hydrogen (secondary N) is 1. The number of carbonyl (C=O) groups is 2. The molecule has 4 aliphatic carbocycles. The Hall–Kier alpha value is -2.04. The maximum atomic E-state index is 12.8. The second-order valence-electron chi connectivity index (χ2n) is 9.34. The van der Waals surface area contributed by atoms with E-state index in [9.17, 15) is 9.59 Å². The number of benzene rings is 1. The monoisotopic (exact) mass is 385 g/mol. The number of hydrogen-bond donors (Lipinski definition) is 1. The largest absolute Gasteiger partial charge is 0.479 e. The van der Waals surface area contributed by atoms with Gasteiger partial charge in [0.1, 0.15) is 5.75 Å². The molecule has 1 N–H and O–H groups in total. The third kappa shape index (κ3) is 4.03. The Morgan fingerprint density at radius 3 is 2.21 bits per heavy atom. The summed E-state index contributed by atoms with van der Waals surface area (Å²) in [5.74, 6) is 2.19. The number of hydrogen-bond acceptors (Lipinski definition) is 4. The zero-order chi connectivity index (χ0) is 19.9. The Kier molecular flexibility index (Phi) is 5.11. The van der Waals surface area contributed by atoms with E-state index in [-0.39, 0.29) is 11.4 Å². The third-order valence-corrected chi connectivity index (χ3v) is 6.72. The molecule has 0 aliphatic heterocycles. The highest BCUT2D eigenvalue weighted by molar-refractivity contribution is 5.85. The van der Waals surface area contributed by atoms with Gasteiger partial charge >= 0.3 is 5.97 Å². The van der Waals surface area contributed by atoms with Crippen LogP contribution in [0.15, 0.2) is 24.3 Å². The number of carbonyl (C=O) groups excluding carboxylic acids is 2. The lowest BCUT2D eigenvalue weighted by Gasteiger charge is -2.57. The predicted molar refractivity (Wildman–Crippen MR) is 106 cm³/mol. The molecule has 5 rings (SSSR count). The summed E-state index contributed by atoms with van der Waals surface area (Å²) in [6.07, 6.45) is 5.64. The molecule has 5 nitrogen and oxygen atoms in total. The topological polar surface area (TPSA) is 64.6 Å². The molecular formula is C23H31NO4. The van der Waals surface area contributed by atoms with Crippen LogP contribution in [0.25, 0.3) is 0 Å². The summed E-state index contributed by atoms with van der Waals surface area (Å²) < 4.78 is 11.1. The summed E-state index contributed by atoms with van der Waals surface area (Å²) in [5, 5.41) is 3.27. The quantitative estimate of drug-likeness (QED) is 0.757. The maximum Gasteiger partial charge on any atom is 0.347 e. The minimum Gasteiger partial charge on any atom is -0.479 e. The van der Waals surface area contributed by atoms with Gasteiger partial charge in [0.2, 0.25) is 0 Å². The van der Waals surface area contributed by atoms with E-state index in [4.69, 9.17) is 9.47 Å². The standard InChI is InChI=1S/C23H31NO4/c1-14-5-4-6-20(7-14)27-16(3)22(26)28-15(2)21(25)24-23-11-17-8-18(12-23)10-19(9-17)13-23/h4-7,15-19H,8-13H2,1-3H3,(H,24,25)/t15-,16+,17?,18?,19?,23?/m1/s1. The predicted octanol–water partition coefficient (Wildman–Crippen LogP) is 3.78. The van der Waals surface area contributed by atoms with E-state index in [1.54, 1.807) is 19.9 Å². The van der Waals surface area contributed by atoms with Crippen molar-refractivity contribution in [1.29, 1.82) is 0 Å². The SMILES string of the molecule is Cc1cccc(O[C@@H](C)C(=O)O[C@H](C)C(=O)NC23CC4CC(CC(C4)C2)C3)c1. The highest BCUT2D eigenvalue weighted by Gasteiger charge is 2.51. The van der Waals surface area contributed by atoms with E-state index in [1.165, 1.54) is 19.3 Å². The highest BCUT2D eigenvalue weighted by atomic mass is 16.6. The number of esters is 1. The van der Waals surface area contributed by atoms with Crippen LogP contribution in [0.3, 0.4) is 0 Å². The molecule has 0 aromatic heterocycles. The van der Waals surface area contributed by atoms with Crippen LogP contribution in [-0.4, -0.2) is 29.6 Å². The summed E-state index contributed by atoms with van der Waals surface area (Å²) in [7, 11) is 0. The molecule has 2 atom stereocenters. The number of aryl methyl sites for hydroxylation is 1. The first-order valence-electron chi connectivity index (χ1n) is 10.6. The molecule has 4 saturated carbocycles. The van der Waals surface area contributed by atoms with Crippen LogP contribution >= 0.6 is 0 Å². The molecule has 0 unspecified atom stereocenters. The van der Waals surface area contributed by atoms with Crippen molar-refractivity contribution < 1.29 is 19.1 Å². The first-order valence-corrected chi connectivity index (χ1v) is 10.6. The number of rotatable bonds is 6. The lowest BCUT2D eigenvalue weighted by Crippen LogP contribution is -2.61. The average molecular weight is 386 g/mol. The van der Waals surface area contributed by atoms with Crippen LogP contribution in [0.4, 0.5) is 0 Å². The van der Waals surface area contributed by atoms with E-state index in [1.807, 2.05) is 25.1 Å². The summed E-state index contributed by atoms with van der Waals surface area (Å²) in [4.78, 5) is 25.1. The summed E-state index contributed by atoms with van der Waals surface area (Å²) in [5.41, 5.74) is 0.984. The Bertz CT molecular complexity index is 723. The Morgan fingerprint density at radius 2 is 1.64 bits per heavy atom. The number of ether oxygens (including phenoxy) is 2. The molecule has 4 aliphatic rings. The van der Waals surface area contributed by atoms with Crippen molar-refractivity contribution in [1.82, 2.24) is 5.32 Å². The summed E-state index contributed by atoms with van der Waals surface area (Å²) >= 11 is 0. The van der Waals surface area contributed by atoms with Gasteiger partial charge in [0.15, 0.2) is 12.2 Å². The van der Waals surface area contributed by atoms with E-state index in [0.29, 0.717) is 5.75 Å². The summed E-state index contributed by atoms with van der Waals surface area (Å²) in [6, 6.07) is 7.52. The van der Waals surface area contributed by atoms with Gasteiger partial charge in [0.05, 0.1) is 0 Å². The molecule has 1 amide bonds. The van der Waals surface area contributed by atoms with E-state index < -0.39 is 18.2 Å². The normalized spacial score (nSPS) is 32.5. The van der Waals surface area contributed by atoms with Gasteiger partial charge in [-0.05, 0) is 94.7 Å². The highest BCUT2D eigenvalue weighted by Crippen LogP contribution is 2.55. The van der Waals surface area contributed by atoms with E-state index in [2.05, 4.69) is 5.32 Å². The Balaban J connectivity index is 1.31. The summed E-state index contributed by atoms with van der Waals surface area (Å²) in [6.45, 7) is 5.26. The second kappa shape index (κ2) is 7.41. The average Bonchev–Trinajstić information content (AvgIpc) is 2.60. The molecular weight excluding hydrogens is 354 g/mol. The molecule has 0 heterocycles. The van der Waals surface area contributed by atoms with Crippen molar-refractivity contribution in [3.63, 3.8) is 0 Å². The molecule has 0 saturated heterocycles. The van der Waals surface area contributed by atoms with Crippen molar-refractivity contribution in [2.75, 3.05) is 0 Å². The first kappa shape index (κ1) is 19.3. The van der Waals surface area contributed by atoms with Crippen LogP contribution in [-0.2, 0) is 14.3 Å². The van der Waals surface area contributed by atoms with Crippen molar-refractivity contribution in [3.05, 3.63) is 29.8 Å². The first-order chi connectivity index (χ1) is 13.3. The molecule has 4 bridgehead atoms. The Labute approximate surface area is 167 Å². The van der Waals surface area contributed by atoms with Crippen molar-refractivity contribution in [2.45, 2.75) is 77.0 Å².